The number of aliphatic hydroxyl groups is 1. The van der Waals surface area contributed by atoms with Crippen LogP contribution in [0, 0.1) is 46.3 Å². The van der Waals surface area contributed by atoms with E-state index in [1.54, 1.807) is 0 Å². The molecule has 9 atom stereocenters. The van der Waals surface area contributed by atoms with E-state index >= 15 is 0 Å². The van der Waals surface area contributed by atoms with Crippen molar-refractivity contribution in [1.82, 2.24) is 0 Å². The lowest BCUT2D eigenvalue weighted by Crippen LogP contribution is -2.57. The average molecular weight is 377 g/mol. The Morgan fingerprint density at radius 1 is 1.00 bits per heavy atom. The zero-order valence-corrected chi connectivity index (χ0v) is 17.6. The van der Waals surface area contributed by atoms with Crippen LogP contribution in [-0.4, -0.2) is 22.3 Å². The number of carboxylic acids is 1. The number of fused-ring (bicyclic) bond motifs is 5. The second-order valence-corrected chi connectivity index (χ2v) is 11.2. The van der Waals surface area contributed by atoms with Gasteiger partial charge >= 0.3 is 5.97 Å². The summed E-state index contributed by atoms with van der Waals surface area (Å²) in [6.07, 6.45) is 12.5. The van der Waals surface area contributed by atoms with Crippen LogP contribution >= 0.6 is 0 Å². The van der Waals surface area contributed by atoms with Crippen LogP contribution in [-0.2, 0) is 4.79 Å². The summed E-state index contributed by atoms with van der Waals surface area (Å²) in [6.45, 7) is 7.33. The molecule has 0 aromatic heterocycles. The van der Waals surface area contributed by atoms with Crippen molar-refractivity contribution >= 4 is 5.97 Å². The molecule has 154 valence electrons. The van der Waals surface area contributed by atoms with Gasteiger partial charge in [0.05, 0.1) is 6.10 Å². The van der Waals surface area contributed by atoms with Crippen LogP contribution in [0.3, 0.4) is 0 Å². The molecule has 0 aliphatic heterocycles. The maximum absolute atomic E-state index is 11.1. The number of carbonyl (C=O) groups is 1. The van der Waals surface area contributed by atoms with E-state index in [2.05, 4.69) is 20.8 Å². The molecule has 0 saturated heterocycles. The molecule has 0 radical (unpaired) electrons. The molecule has 0 amide bonds. The van der Waals surface area contributed by atoms with Gasteiger partial charge in [0.15, 0.2) is 0 Å². The van der Waals surface area contributed by atoms with Crippen molar-refractivity contribution in [3.63, 3.8) is 0 Å². The van der Waals surface area contributed by atoms with Gasteiger partial charge in [0.25, 0.3) is 0 Å². The van der Waals surface area contributed by atoms with E-state index in [1.165, 1.54) is 51.4 Å². The minimum atomic E-state index is -0.656. The first kappa shape index (κ1) is 19.7. The van der Waals surface area contributed by atoms with E-state index in [1.807, 2.05) is 0 Å². The summed E-state index contributed by atoms with van der Waals surface area (Å²) in [4.78, 5) is 11.0. The van der Waals surface area contributed by atoms with Gasteiger partial charge in [-0.15, -0.1) is 0 Å². The number of hydrogen-bond acceptors (Lipinski definition) is 2. The van der Waals surface area contributed by atoms with Gasteiger partial charge in [-0.05, 0) is 97.7 Å². The van der Waals surface area contributed by atoms with E-state index in [-0.39, 0.29) is 6.10 Å². The normalized spacial score (nSPS) is 50.4. The van der Waals surface area contributed by atoms with Gasteiger partial charge in [-0.2, -0.15) is 0 Å². The maximum atomic E-state index is 11.1. The molecule has 0 heterocycles. The maximum Gasteiger partial charge on any atom is 0.303 e. The number of rotatable bonds is 4. The minimum Gasteiger partial charge on any atom is -0.481 e. The third-order valence-corrected chi connectivity index (χ3v) is 10.2. The molecule has 2 N–H and O–H groups in total. The van der Waals surface area contributed by atoms with Crippen LogP contribution < -0.4 is 0 Å². The summed E-state index contributed by atoms with van der Waals surface area (Å²) in [7, 11) is 0. The predicted octanol–water partition coefficient (Wildman–Crippen LogP) is 5.51. The highest BCUT2D eigenvalue weighted by atomic mass is 16.4. The molecule has 4 fully saturated rings. The Kier molecular flexibility index (Phi) is 5.15. The van der Waals surface area contributed by atoms with E-state index < -0.39 is 5.97 Å². The minimum absolute atomic E-state index is 0.0950. The topological polar surface area (TPSA) is 57.5 Å². The average Bonchev–Trinajstić information content (AvgIpc) is 2.97. The zero-order valence-electron chi connectivity index (χ0n) is 17.6. The summed E-state index contributed by atoms with van der Waals surface area (Å²) in [5.41, 5.74) is 0.714. The molecular formula is C24H40O3. The van der Waals surface area contributed by atoms with Gasteiger partial charge in [-0.25, -0.2) is 0 Å². The molecule has 0 aromatic carbocycles. The third kappa shape index (κ3) is 3.07. The number of aliphatic hydroxyl groups excluding tert-OH is 1. The highest BCUT2D eigenvalue weighted by Gasteiger charge is 2.61. The Bertz CT molecular complexity index is 574. The van der Waals surface area contributed by atoms with Crippen molar-refractivity contribution in [2.75, 3.05) is 0 Å². The lowest BCUT2D eigenvalue weighted by molar-refractivity contribution is -0.159. The summed E-state index contributed by atoms with van der Waals surface area (Å²) >= 11 is 0. The van der Waals surface area contributed by atoms with Gasteiger partial charge in [-0.1, -0.05) is 33.6 Å². The highest BCUT2D eigenvalue weighted by Crippen LogP contribution is 2.68. The zero-order chi connectivity index (χ0) is 19.4. The van der Waals surface area contributed by atoms with Crippen LogP contribution in [0.5, 0.6) is 0 Å². The van der Waals surface area contributed by atoms with Gasteiger partial charge < -0.3 is 10.2 Å². The smallest absolute Gasteiger partial charge is 0.303 e. The van der Waals surface area contributed by atoms with Crippen molar-refractivity contribution in [2.24, 2.45) is 46.3 Å². The Labute approximate surface area is 165 Å². The Morgan fingerprint density at radius 2 is 1.74 bits per heavy atom. The largest absolute Gasteiger partial charge is 0.481 e. The Morgan fingerprint density at radius 3 is 2.48 bits per heavy atom. The van der Waals surface area contributed by atoms with Crippen molar-refractivity contribution in [3.8, 4) is 0 Å². The lowest BCUT2D eigenvalue weighted by Gasteiger charge is -2.62. The van der Waals surface area contributed by atoms with Crippen LogP contribution in [0.15, 0.2) is 0 Å². The molecule has 0 aromatic rings. The van der Waals surface area contributed by atoms with Gasteiger partial charge in [-0.3, -0.25) is 4.79 Å². The fraction of sp³-hybridized carbons (Fsp3) is 0.958. The molecule has 27 heavy (non-hydrogen) atoms. The number of carboxylic acid groups (broad SMARTS) is 1. The fourth-order valence-corrected chi connectivity index (χ4v) is 8.88. The van der Waals surface area contributed by atoms with Crippen LogP contribution in [0.25, 0.3) is 0 Å². The molecule has 4 aliphatic rings. The van der Waals surface area contributed by atoms with E-state index in [0.29, 0.717) is 40.9 Å². The van der Waals surface area contributed by atoms with E-state index in [9.17, 15) is 9.90 Å². The van der Waals surface area contributed by atoms with Gasteiger partial charge in [0, 0.05) is 6.42 Å². The Hall–Kier alpha value is -0.570. The molecule has 0 spiro atoms. The van der Waals surface area contributed by atoms with E-state index in [4.69, 9.17) is 5.11 Å². The summed E-state index contributed by atoms with van der Waals surface area (Å²) in [5.74, 6) is 3.27. The molecular weight excluding hydrogens is 336 g/mol. The molecule has 4 aliphatic carbocycles. The van der Waals surface area contributed by atoms with E-state index in [0.717, 1.165) is 24.7 Å². The third-order valence-electron chi connectivity index (χ3n) is 10.2. The second kappa shape index (κ2) is 7.04. The van der Waals surface area contributed by atoms with Crippen LogP contribution in [0.2, 0.25) is 0 Å². The van der Waals surface area contributed by atoms with Crippen molar-refractivity contribution in [1.29, 1.82) is 0 Å². The fourth-order valence-electron chi connectivity index (χ4n) is 8.88. The first-order valence-electron chi connectivity index (χ1n) is 11.7. The van der Waals surface area contributed by atoms with Crippen LogP contribution in [0.1, 0.15) is 91.4 Å². The molecule has 4 rings (SSSR count). The SMILES string of the molecule is C[C@H](CCC(=O)O)[C@H]1CC[C@H]2[C@@H]3C[C@@H](O)[C@@H]4CCCC[C@]4(C)[C@H]3CC[C@]12C. The summed E-state index contributed by atoms with van der Waals surface area (Å²) in [6, 6.07) is 0. The predicted molar refractivity (Wildman–Crippen MR) is 107 cm³/mol. The molecule has 3 heteroatoms. The molecule has 4 saturated carbocycles. The number of aliphatic carboxylic acids is 1. The molecule has 0 unspecified atom stereocenters. The Balaban J connectivity index is 1.55. The molecule has 0 bridgehead atoms. The summed E-state index contributed by atoms with van der Waals surface area (Å²) in [5, 5.41) is 20.2. The first-order chi connectivity index (χ1) is 12.8. The van der Waals surface area contributed by atoms with Crippen molar-refractivity contribution in [2.45, 2.75) is 97.5 Å². The highest BCUT2D eigenvalue weighted by molar-refractivity contribution is 5.66. The van der Waals surface area contributed by atoms with Crippen LogP contribution in [0.4, 0.5) is 0 Å². The first-order valence-corrected chi connectivity index (χ1v) is 11.7. The summed E-state index contributed by atoms with van der Waals surface area (Å²) < 4.78 is 0. The second-order valence-electron chi connectivity index (χ2n) is 11.2. The monoisotopic (exact) mass is 376 g/mol. The van der Waals surface area contributed by atoms with Gasteiger partial charge in [0.2, 0.25) is 0 Å². The van der Waals surface area contributed by atoms with Crippen molar-refractivity contribution in [3.05, 3.63) is 0 Å². The van der Waals surface area contributed by atoms with Gasteiger partial charge in [0.1, 0.15) is 0 Å². The van der Waals surface area contributed by atoms with Crippen molar-refractivity contribution < 1.29 is 15.0 Å². The number of hydrogen-bond donors (Lipinski definition) is 2. The quantitative estimate of drug-likeness (QED) is 0.680. The lowest BCUT2D eigenvalue weighted by atomic mass is 9.44. The standard InChI is InChI=1S/C24H40O3/c1-15(7-10-22(26)27)17-8-9-18-16-14-21(25)20-6-4-5-12-23(20,2)19(16)11-13-24(17,18)3/h15-21,25H,4-14H2,1-3H3,(H,26,27)/t15-,16+,17-,18+,19+,20+,21-,23-,24-/m1/s1. The molecule has 3 nitrogen and oxygen atoms in total.